The molecule has 160 valence electrons. The molecule has 2 heterocycles. The van der Waals surface area contributed by atoms with Crippen molar-refractivity contribution in [1.29, 1.82) is 0 Å². The predicted molar refractivity (Wildman–Crippen MR) is 137 cm³/mol. The van der Waals surface area contributed by atoms with Gasteiger partial charge in [-0.2, -0.15) is 0 Å². The third-order valence-electron chi connectivity index (χ3n) is 5.78. The molecule has 4 heteroatoms. The highest BCUT2D eigenvalue weighted by molar-refractivity contribution is 5.96. The summed E-state index contributed by atoms with van der Waals surface area (Å²) in [5, 5.41) is 2.35. The molecule has 0 aliphatic rings. The fraction of sp³-hybridized carbons (Fsp3) is 0. The first kappa shape index (κ1) is 19.9. The molecule has 0 bridgehead atoms. The van der Waals surface area contributed by atoms with Crippen molar-refractivity contribution in [2.24, 2.45) is 0 Å². The summed E-state index contributed by atoms with van der Waals surface area (Å²) in [7, 11) is 0. The molecule has 34 heavy (non-hydrogen) atoms. The van der Waals surface area contributed by atoms with Crippen molar-refractivity contribution in [1.82, 2.24) is 19.9 Å². The van der Waals surface area contributed by atoms with E-state index in [1.54, 1.807) is 0 Å². The van der Waals surface area contributed by atoms with Gasteiger partial charge in [0, 0.05) is 28.5 Å². The fourth-order valence-electron chi connectivity index (χ4n) is 4.10. The van der Waals surface area contributed by atoms with Crippen molar-refractivity contribution in [3.05, 3.63) is 121 Å². The fourth-order valence-corrected chi connectivity index (χ4v) is 4.10. The van der Waals surface area contributed by atoms with E-state index in [4.69, 9.17) is 15.0 Å². The van der Waals surface area contributed by atoms with Crippen molar-refractivity contribution in [3.63, 3.8) is 0 Å². The SMILES string of the molecule is c1ccc(-c2nc(-c3ccccc3)nc(-c3ccnc(-c4cccc5ccccc45)c3)n2)cc1. The van der Waals surface area contributed by atoms with Gasteiger partial charge in [0.25, 0.3) is 0 Å². The van der Waals surface area contributed by atoms with Gasteiger partial charge in [-0.3, -0.25) is 4.98 Å². The van der Waals surface area contributed by atoms with E-state index in [9.17, 15) is 0 Å². The van der Waals surface area contributed by atoms with Crippen LogP contribution in [-0.2, 0) is 0 Å². The molecule has 0 saturated carbocycles. The van der Waals surface area contributed by atoms with Crippen LogP contribution in [0.25, 0.3) is 56.2 Å². The average Bonchev–Trinajstić information content (AvgIpc) is 2.93. The minimum atomic E-state index is 0.622. The second kappa shape index (κ2) is 8.68. The number of aromatic nitrogens is 4. The van der Waals surface area contributed by atoms with Gasteiger partial charge in [-0.25, -0.2) is 15.0 Å². The number of hydrogen-bond donors (Lipinski definition) is 0. The van der Waals surface area contributed by atoms with E-state index in [2.05, 4.69) is 53.5 Å². The Morgan fingerprint density at radius 3 is 1.68 bits per heavy atom. The van der Waals surface area contributed by atoms with Crippen molar-refractivity contribution >= 4 is 10.8 Å². The highest BCUT2D eigenvalue weighted by Gasteiger charge is 2.13. The third-order valence-corrected chi connectivity index (χ3v) is 5.78. The normalized spacial score (nSPS) is 10.9. The van der Waals surface area contributed by atoms with E-state index in [1.165, 1.54) is 10.8 Å². The summed E-state index contributed by atoms with van der Waals surface area (Å²) in [5.41, 5.74) is 4.77. The molecule has 0 N–H and O–H groups in total. The van der Waals surface area contributed by atoms with Gasteiger partial charge in [0.05, 0.1) is 5.69 Å². The molecule has 4 nitrogen and oxygen atoms in total. The van der Waals surface area contributed by atoms with Gasteiger partial charge in [0.2, 0.25) is 0 Å². The average molecular weight is 437 g/mol. The smallest absolute Gasteiger partial charge is 0.164 e. The molecule has 0 aliphatic heterocycles. The second-order valence-corrected chi connectivity index (χ2v) is 7.99. The molecule has 4 aromatic carbocycles. The number of pyridine rings is 1. The van der Waals surface area contributed by atoms with Crippen molar-refractivity contribution in [2.45, 2.75) is 0 Å². The zero-order valence-electron chi connectivity index (χ0n) is 18.3. The standard InChI is InChI=1S/C30H20N4/c1-3-11-22(12-4-1)28-32-29(23-13-5-2-6-14-23)34-30(33-28)24-18-19-31-27(20-24)26-17-9-15-21-10-7-8-16-25(21)26/h1-20H. The largest absolute Gasteiger partial charge is 0.256 e. The van der Waals surface area contributed by atoms with Gasteiger partial charge in [0.15, 0.2) is 17.5 Å². The molecule has 0 spiro atoms. The van der Waals surface area contributed by atoms with Gasteiger partial charge in [-0.1, -0.05) is 103 Å². The Bertz CT molecular complexity index is 1530. The maximum absolute atomic E-state index is 4.85. The minimum Gasteiger partial charge on any atom is -0.256 e. The first-order chi connectivity index (χ1) is 16.8. The van der Waals surface area contributed by atoms with Gasteiger partial charge >= 0.3 is 0 Å². The Morgan fingerprint density at radius 2 is 1.00 bits per heavy atom. The molecular weight excluding hydrogens is 416 g/mol. The quantitative estimate of drug-likeness (QED) is 0.296. The van der Waals surface area contributed by atoms with Crippen LogP contribution in [0, 0.1) is 0 Å². The van der Waals surface area contributed by atoms with Crippen LogP contribution in [0.3, 0.4) is 0 Å². The van der Waals surface area contributed by atoms with Gasteiger partial charge in [-0.15, -0.1) is 0 Å². The Hall–Kier alpha value is -4.70. The van der Waals surface area contributed by atoms with Crippen molar-refractivity contribution < 1.29 is 0 Å². The summed E-state index contributed by atoms with van der Waals surface area (Å²) in [6.07, 6.45) is 1.82. The van der Waals surface area contributed by atoms with E-state index in [0.717, 1.165) is 27.9 Å². The summed E-state index contributed by atoms with van der Waals surface area (Å²) >= 11 is 0. The van der Waals surface area contributed by atoms with Crippen molar-refractivity contribution in [2.75, 3.05) is 0 Å². The van der Waals surface area contributed by atoms with Crippen LogP contribution in [-0.4, -0.2) is 19.9 Å². The molecule has 0 amide bonds. The van der Waals surface area contributed by atoms with Crippen LogP contribution >= 0.6 is 0 Å². The van der Waals surface area contributed by atoms with Gasteiger partial charge in [-0.05, 0) is 22.9 Å². The van der Waals surface area contributed by atoms with Crippen LogP contribution in [0.4, 0.5) is 0 Å². The van der Waals surface area contributed by atoms with E-state index in [-0.39, 0.29) is 0 Å². The highest BCUT2D eigenvalue weighted by Crippen LogP contribution is 2.30. The lowest BCUT2D eigenvalue weighted by Gasteiger charge is -2.10. The number of hydrogen-bond acceptors (Lipinski definition) is 4. The topological polar surface area (TPSA) is 51.6 Å². The minimum absolute atomic E-state index is 0.622. The maximum atomic E-state index is 4.85. The van der Waals surface area contributed by atoms with Gasteiger partial charge in [0.1, 0.15) is 0 Å². The van der Waals surface area contributed by atoms with Gasteiger partial charge < -0.3 is 0 Å². The summed E-state index contributed by atoms with van der Waals surface area (Å²) in [5.74, 6) is 1.91. The van der Waals surface area contributed by atoms with Crippen LogP contribution in [0.5, 0.6) is 0 Å². The second-order valence-electron chi connectivity index (χ2n) is 7.99. The lowest BCUT2D eigenvalue weighted by Crippen LogP contribution is -2.00. The number of fused-ring (bicyclic) bond motifs is 1. The number of nitrogens with zero attached hydrogens (tertiary/aromatic N) is 4. The van der Waals surface area contributed by atoms with Crippen LogP contribution in [0.2, 0.25) is 0 Å². The monoisotopic (exact) mass is 436 g/mol. The molecule has 2 aromatic heterocycles. The van der Waals surface area contributed by atoms with Crippen LogP contribution in [0.15, 0.2) is 121 Å². The summed E-state index contributed by atoms with van der Waals surface area (Å²) in [4.78, 5) is 19.2. The number of rotatable bonds is 4. The zero-order chi connectivity index (χ0) is 22.7. The third kappa shape index (κ3) is 3.82. The molecule has 0 fully saturated rings. The summed E-state index contributed by atoms with van der Waals surface area (Å²) < 4.78 is 0. The molecule has 0 unspecified atom stereocenters. The molecule has 6 rings (SSSR count). The van der Waals surface area contributed by atoms with E-state index in [0.29, 0.717) is 17.5 Å². The van der Waals surface area contributed by atoms with Crippen LogP contribution < -0.4 is 0 Å². The Kier molecular flexibility index (Phi) is 5.09. The highest BCUT2D eigenvalue weighted by atomic mass is 15.0. The Balaban J connectivity index is 1.52. The lowest BCUT2D eigenvalue weighted by molar-refractivity contribution is 1.07. The van der Waals surface area contributed by atoms with E-state index >= 15 is 0 Å². The Morgan fingerprint density at radius 1 is 0.441 bits per heavy atom. The van der Waals surface area contributed by atoms with E-state index in [1.807, 2.05) is 72.9 Å². The van der Waals surface area contributed by atoms with Crippen LogP contribution in [0.1, 0.15) is 0 Å². The first-order valence-corrected chi connectivity index (χ1v) is 11.2. The molecule has 0 atom stereocenters. The first-order valence-electron chi connectivity index (χ1n) is 11.2. The van der Waals surface area contributed by atoms with E-state index < -0.39 is 0 Å². The lowest BCUT2D eigenvalue weighted by atomic mass is 10.0. The summed E-state index contributed by atoms with van der Waals surface area (Å²) in [6.45, 7) is 0. The van der Waals surface area contributed by atoms with Crippen molar-refractivity contribution in [3.8, 4) is 45.4 Å². The maximum Gasteiger partial charge on any atom is 0.164 e. The molecule has 6 aromatic rings. The molecule has 0 radical (unpaired) electrons. The molecule has 0 saturated heterocycles. The predicted octanol–water partition coefficient (Wildman–Crippen LogP) is 7.09. The zero-order valence-corrected chi connectivity index (χ0v) is 18.3. The number of benzene rings is 4. The molecular formula is C30H20N4. The summed E-state index contributed by atoms with van der Waals surface area (Å²) in [6, 6.07) is 38.7. The molecule has 0 aliphatic carbocycles. The Labute approximate surface area is 197 Å².